The third-order valence-electron chi connectivity index (χ3n) is 6.20. The Hall–Kier alpha value is -3.38. The quantitative estimate of drug-likeness (QED) is 0.614. The van der Waals surface area contributed by atoms with Crippen molar-refractivity contribution in [1.82, 2.24) is 18.7 Å². The Labute approximate surface area is 179 Å². The zero-order valence-electron chi connectivity index (χ0n) is 17.8. The van der Waals surface area contributed by atoms with Crippen LogP contribution in [0.4, 0.5) is 5.95 Å². The molecule has 4 rings (SSSR count). The average molecular weight is 422 g/mol. The Morgan fingerprint density at radius 2 is 1.90 bits per heavy atom. The van der Waals surface area contributed by atoms with Crippen molar-refractivity contribution in [3.05, 3.63) is 56.2 Å². The topological polar surface area (TPSA) is 124 Å². The number of fused-ring (bicyclic) bond motifs is 1. The van der Waals surface area contributed by atoms with E-state index in [2.05, 4.69) is 16.4 Å². The van der Waals surface area contributed by atoms with E-state index in [0.717, 1.165) is 42.2 Å². The van der Waals surface area contributed by atoms with Crippen LogP contribution < -0.4 is 22.3 Å². The maximum atomic E-state index is 13.1. The highest BCUT2D eigenvalue weighted by molar-refractivity contribution is 5.74. The first-order valence-corrected chi connectivity index (χ1v) is 10.6. The smallest absolute Gasteiger partial charge is 0.332 e. The number of nitrogens with zero attached hydrogens (tertiary/aromatic N) is 5. The summed E-state index contributed by atoms with van der Waals surface area (Å²) in [5, 5.41) is 13.0. The molecule has 1 aliphatic carbocycles. The largest absolute Gasteiger partial charge is 0.351 e. The van der Waals surface area contributed by atoms with Crippen LogP contribution in [0.15, 0.2) is 33.9 Å². The van der Waals surface area contributed by atoms with Gasteiger partial charge in [0, 0.05) is 26.2 Å². The zero-order valence-corrected chi connectivity index (χ0v) is 17.8. The van der Waals surface area contributed by atoms with Gasteiger partial charge in [0.1, 0.15) is 0 Å². The molecule has 9 heteroatoms. The number of hydrogen-bond acceptors (Lipinski definition) is 6. The monoisotopic (exact) mass is 421 g/mol. The summed E-state index contributed by atoms with van der Waals surface area (Å²) in [5.41, 5.74) is 7.50. The fourth-order valence-electron chi connectivity index (χ4n) is 4.33. The molecule has 31 heavy (non-hydrogen) atoms. The molecule has 1 saturated carbocycles. The maximum Gasteiger partial charge on any atom is 0.332 e. The molecule has 2 atom stereocenters. The van der Waals surface area contributed by atoms with Gasteiger partial charge in [0.05, 0.1) is 18.2 Å². The van der Waals surface area contributed by atoms with Crippen LogP contribution in [0.25, 0.3) is 11.2 Å². The van der Waals surface area contributed by atoms with Gasteiger partial charge in [0.15, 0.2) is 11.2 Å². The van der Waals surface area contributed by atoms with Gasteiger partial charge in [-0.15, -0.1) is 0 Å². The molecule has 2 aromatic heterocycles. The van der Waals surface area contributed by atoms with Crippen molar-refractivity contribution in [3.63, 3.8) is 0 Å². The van der Waals surface area contributed by atoms with E-state index >= 15 is 0 Å². The van der Waals surface area contributed by atoms with E-state index in [4.69, 9.17) is 5.73 Å². The summed E-state index contributed by atoms with van der Waals surface area (Å²) in [4.78, 5) is 30.2. The molecule has 3 aromatic rings. The molecule has 0 saturated heterocycles. The Bertz CT molecular complexity index is 1280. The Morgan fingerprint density at radius 3 is 2.68 bits per heavy atom. The molecule has 0 spiro atoms. The summed E-state index contributed by atoms with van der Waals surface area (Å²) in [5.74, 6) is 0.489. The molecular weight excluding hydrogens is 394 g/mol. The molecule has 2 heterocycles. The molecule has 2 unspecified atom stereocenters. The second-order valence-electron chi connectivity index (χ2n) is 8.22. The maximum absolute atomic E-state index is 13.1. The van der Waals surface area contributed by atoms with E-state index in [0.29, 0.717) is 22.7 Å². The van der Waals surface area contributed by atoms with Gasteiger partial charge in [-0.2, -0.15) is 10.2 Å². The standard InChI is InChI=1S/C22H27N7O2/c1-27-19-18(20(30)28(2)22(27)31)29(13-15-9-7-6-8-14(15)12-23)21(26-19)25-17-11-5-3-4-10-16(17)24/h6-9,16-17H,3-5,10-11,13,24H2,1-2H3,(H,25,26). The number of rotatable bonds is 4. The number of nitrogens with one attached hydrogen (secondary N) is 1. The van der Waals surface area contributed by atoms with Crippen LogP contribution in [0.5, 0.6) is 0 Å². The summed E-state index contributed by atoms with van der Waals surface area (Å²) in [6, 6.07) is 9.48. The summed E-state index contributed by atoms with van der Waals surface area (Å²) in [6.07, 6.45) is 5.15. The second kappa shape index (κ2) is 8.40. The van der Waals surface area contributed by atoms with E-state index in [1.54, 1.807) is 23.7 Å². The molecule has 0 amide bonds. The van der Waals surface area contributed by atoms with Crippen molar-refractivity contribution in [2.24, 2.45) is 19.8 Å². The number of benzene rings is 1. The first-order chi connectivity index (χ1) is 14.9. The number of imidazole rings is 1. The van der Waals surface area contributed by atoms with E-state index in [1.807, 2.05) is 12.1 Å². The lowest BCUT2D eigenvalue weighted by Crippen LogP contribution is -2.40. The normalized spacial score (nSPS) is 19.2. The van der Waals surface area contributed by atoms with Gasteiger partial charge in [0.25, 0.3) is 5.56 Å². The number of nitriles is 1. The molecule has 1 aliphatic rings. The van der Waals surface area contributed by atoms with Crippen molar-refractivity contribution in [3.8, 4) is 6.07 Å². The Balaban J connectivity index is 1.90. The van der Waals surface area contributed by atoms with Crippen LogP contribution in [-0.2, 0) is 20.6 Å². The highest BCUT2D eigenvalue weighted by Crippen LogP contribution is 2.24. The van der Waals surface area contributed by atoms with Crippen LogP contribution in [0.1, 0.15) is 43.2 Å². The molecule has 1 aromatic carbocycles. The van der Waals surface area contributed by atoms with E-state index in [-0.39, 0.29) is 18.6 Å². The van der Waals surface area contributed by atoms with Gasteiger partial charge in [-0.25, -0.2) is 4.79 Å². The molecule has 3 N–H and O–H groups in total. The molecular formula is C22H27N7O2. The first-order valence-electron chi connectivity index (χ1n) is 10.6. The zero-order chi connectivity index (χ0) is 22.1. The molecule has 9 nitrogen and oxygen atoms in total. The number of aromatic nitrogens is 4. The lowest BCUT2D eigenvalue weighted by Gasteiger charge is -2.23. The third kappa shape index (κ3) is 3.75. The summed E-state index contributed by atoms with van der Waals surface area (Å²) in [7, 11) is 3.06. The van der Waals surface area contributed by atoms with Crippen LogP contribution in [-0.4, -0.2) is 30.8 Å². The van der Waals surface area contributed by atoms with Crippen LogP contribution in [0, 0.1) is 11.3 Å². The SMILES string of the molecule is Cn1c(=O)c2c(nc(NC3CCCCCC3N)n2Cc2ccccc2C#N)n(C)c1=O. The predicted molar refractivity (Wildman–Crippen MR) is 119 cm³/mol. The van der Waals surface area contributed by atoms with E-state index in [9.17, 15) is 14.9 Å². The van der Waals surface area contributed by atoms with E-state index < -0.39 is 11.2 Å². The highest BCUT2D eigenvalue weighted by Gasteiger charge is 2.25. The summed E-state index contributed by atoms with van der Waals surface area (Å²) >= 11 is 0. The van der Waals surface area contributed by atoms with Gasteiger partial charge >= 0.3 is 5.69 Å². The first kappa shape index (κ1) is 20.9. The molecule has 0 bridgehead atoms. The Kier molecular flexibility index (Phi) is 5.65. The van der Waals surface area contributed by atoms with Crippen molar-refractivity contribution >= 4 is 17.1 Å². The highest BCUT2D eigenvalue weighted by atomic mass is 16.2. The second-order valence-corrected chi connectivity index (χ2v) is 8.22. The number of hydrogen-bond donors (Lipinski definition) is 2. The molecule has 0 aliphatic heterocycles. The lowest BCUT2D eigenvalue weighted by molar-refractivity contribution is 0.523. The molecule has 0 radical (unpaired) electrons. The minimum absolute atomic E-state index is 0.0187. The predicted octanol–water partition coefficient (Wildman–Crippen LogP) is 1.43. The van der Waals surface area contributed by atoms with Crippen LogP contribution in [0.3, 0.4) is 0 Å². The van der Waals surface area contributed by atoms with Gasteiger partial charge in [-0.1, -0.05) is 37.5 Å². The lowest BCUT2D eigenvalue weighted by atomic mass is 10.0. The fraction of sp³-hybridized carbons (Fsp3) is 0.455. The fourth-order valence-corrected chi connectivity index (χ4v) is 4.33. The number of nitrogens with two attached hydrogens (primary N) is 1. The molecule has 162 valence electrons. The Morgan fingerprint density at radius 1 is 1.16 bits per heavy atom. The number of aryl methyl sites for hydroxylation is 1. The van der Waals surface area contributed by atoms with Gasteiger partial charge in [0.2, 0.25) is 5.95 Å². The summed E-state index contributed by atoms with van der Waals surface area (Å²) < 4.78 is 4.23. The minimum atomic E-state index is -0.433. The molecule has 1 fully saturated rings. The van der Waals surface area contributed by atoms with Crippen LogP contribution >= 0.6 is 0 Å². The minimum Gasteiger partial charge on any atom is -0.351 e. The van der Waals surface area contributed by atoms with Crippen molar-refractivity contribution in [2.75, 3.05) is 5.32 Å². The third-order valence-corrected chi connectivity index (χ3v) is 6.20. The van der Waals surface area contributed by atoms with Crippen LogP contribution in [0.2, 0.25) is 0 Å². The van der Waals surface area contributed by atoms with Gasteiger partial charge in [-0.3, -0.25) is 18.5 Å². The van der Waals surface area contributed by atoms with Crippen molar-refractivity contribution in [2.45, 2.75) is 50.7 Å². The number of anilines is 1. The van der Waals surface area contributed by atoms with Crippen molar-refractivity contribution in [1.29, 1.82) is 5.26 Å². The summed E-state index contributed by atoms with van der Waals surface area (Å²) in [6.45, 7) is 0.276. The van der Waals surface area contributed by atoms with Gasteiger partial charge < -0.3 is 11.1 Å². The van der Waals surface area contributed by atoms with Crippen molar-refractivity contribution < 1.29 is 0 Å². The average Bonchev–Trinajstić information content (AvgIpc) is 3.00. The van der Waals surface area contributed by atoms with Gasteiger partial charge in [-0.05, 0) is 24.5 Å². The van der Waals surface area contributed by atoms with E-state index in [1.165, 1.54) is 11.6 Å².